The van der Waals surface area contributed by atoms with Crippen LogP contribution < -0.4 is 15.4 Å². The predicted molar refractivity (Wildman–Crippen MR) is 108 cm³/mol. The van der Waals surface area contributed by atoms with Gasteiger partial charge in [-0.15, -0.1) is 0 Å². The molecule has 5 heteroatoms. The maximum atomic E-state index is 12.2. The van der Waals surface area contributed by atoms with Crippen molar-refractivity contribution in [1.29, 1.82) is 0 Å². The van der Waals surface area contributed by atoms with E-state index in [9.17, 15) is 4.79 Å². The van der Waals surface area contributed by atoms with Gasteiger partial charge in [-0.3, -0.25) is 4.79 Å². The highest BCUT2D eigenvalue weighted by Crippen LogP contribution is 2.19. The van der Waals surface area contributed by atoms with Crippen LogP contribution in [0.25, 0.3) is 0 Å². The van der Waals surface area contributed by atoms with E-state index in [4.69, 9.17) is 4.74 Å². The van der Waals surface area contributed by atoms with Gasteiger partial charge < -0.3 is 15.4 Å². The number of hydrogen-bond acceptors (Lipinski definition) is 4. The Kier molecular flexibility index (Phi) is 6.41. The van der Waals surface area contributed by atoms with Gasteiger partial charge in [-0.1, -0.05) is 30.3 Å². The Labute approximate surface area is 159 Å². The minimum atomic E-state index is -0.119. The molecule has 0 atom stereocenters. The third kappa shape index (κ3) is 5.57. The third-order valence-corrected chi connectivity index (χ3v) is 4.01. The number of hydrogen-bond donors (Lipinski definition) is 2. The molecule has 0 spiro atoms. The van der Waals surface area contributed by atoms with E-state index in [-0.39, 0.29) is 5.91 Å². The van der Waals surface area contributed by atoms with E-state index in [1.807, 2.05) is 49.4 Å². The molecule has 1 aromatic heterocycles. The first-order valence-corrected chi connectivity index (χ1v) is 9.02. The number of nitrogens with one attached hydrogen (secondary N) is 2. The molecule has 0 saturated carbocycles. The summed E-state index contributed by atoms with van der Waals surface area (Å²) >= 11 is 0. The van der Waals surface area contributed by atoms with Crippen molar-refractivity contribution in [2.24, 2.45) is 0 Å². The molecule has 5 nitrogen and oxygen atoms in total. The Hall–Kier alpha value is -3.34. The fraction of sp³-hybridized carbons (Fsp3) is 0.182. The van der Waals surface area contributed by atoms with Gasteiger partial charge in [0.05, 0.1) is 12.2 Å². The summed E-state index contributed by atoms with van der Waals surface area (Å²) in [6.07, 6.45) is 2.38. The van der Waals surface area contributed by atoms with Crippen molar-refractivity contribution in [3.63, 3.8) is 0 Å². The Morgan fingerprint density at radius 3 is 2.44 bits per heavy atom. The van der Waals surface area contributed by atoms with Crippen molar-refractivity contribution < 1.29 is 9.53 Å². The molecular weight excluding hydrogens is 338 g/mol. The lowest BCUT2D eigenvalue weighted by Gasteiger charge is -2.09. The van der Waals surface area contributed by atoms with Gasteiger partial charge in [0.15, 0.2) is 0 Å². The monoisotopic (exact) mass is 361 g/mol. The van der Waals surface area contributed by atoms with E-state index in [1.165, 1.54) is 5.56 Å². The molecule has 0 bridgehead atoms. The van der Waals surface area contributed by atoms with E-state index >= 15 is 0 Å². The quantitative estimate of drug-likeness (QED) is 0.631. The summed E-state index contributed by atoms with van der Waals surface area (Å²) < 4.78 is 5.43. The molecule has 2 aromatic carbocycles. The van der Waals surface area contributed by atoms with Gasteiger partial charge in [0.25, 0.3) is 5.91 Å². The summed E-state index contributed by atoms with van der Waals surface area (Å²) in [5, 5.41) is 6.13. The summed E-state index contributed by atoms with van der Waals surface area (Å²) in [6, 6.07) is 21.3. The van der Waals surface area contributed by atoms with E-state index in [0.717, 1.165) is 17.9 Å². The van der Waals surface area contributed by atoms with Crippen molar-refractivity contribution in [3.8, 4) is 5.75 Å². The molecular formula is C22H23N3O2. The van der Waals surface area contributed by atoms with E-state index in [1.54, 1.807) is 18.3 Å². The van der Waals surface area contributed by atoms with Gasteiger partial charge >= 0.3 is 0 Å². The number of pyridine rings is 1. The standard InChI is InChI=1S/C22H23N3O2/c1-2-27-20-11-9-19(10-12-20)25-21-13-8-18(16-24-21)22(26)23-15-14-17-6-4-3-5-7-17/h3-13,16H,2,14-15H2,1H3,(H,23,26)(H,24,25). The van der Waals surface area contributed by atoms with Crippen molar-refractivity contribution >= 4 is 17.4 Å². The highest BCUT2D eigenvalue weighted by atomic mass is 16.5. The molecule has 138 valence electrons. The van der Waals surface area contributed by atoms with Crippen LogP contribution >= 0.6 is 0 Å². The van der Waals surface area contributed by atoms with Crippen LogP contribution in [0.2, 0.25) is 0 Å². The second-order valence-corrected chi connectivity index (χ2v) is 6.01. The van der Waals surface area contributed by atoms with Gasteiger partial charge in [0.1, 0.15) is 11.6 Å². The zero-order valence-corrected chi connectivity index (χ0v) is 15.3. The summed E-state index contributed by atoms with van der Waals surface area (Å²) in [5.74, 6) is 1.39. The Balaban J connectivity index is 1.50. The minimum Gasteiger partial charge on any atom is -0.494 e. The van der Waals surface area contributed by atoms with Crippen molar-refractivity contribution in [2.75, 3.05) is 18.5 Å². The molecule has 0 fully saturated rings. The maximum absolute atomic E-state index is 12.2. The van der Waals surface area contributed by atoms with E-state index in [0.29, 0.717) is 24.5 Å². The molecule has 0 aliphatic rings. The van der Waals surface area contributed by atoms with Crippen LogP contribution in [0.4, 0.5) is 11.5 Å². The molecule has 0 radical (unpaired) electrons. The molecule has 0 aliphatic carbocycles. The first-order valence-electron chi connectivity index (χ1n) is 9.02. The molecule has 1 amide bonds. The van der Waals surface area contributed by atoms with Crippen molar-refractivity contribution in [3.05, 3.63) is 84.1 Å². The predicted octanol–water partition coefficient (Wildman–Crippen LogP) is 4.20. The highest BCUT2D eigenvalue weighted by Gasteiger charge is 2.06. The van der Waals surface area contributed by atoms with Gasteiger partial charge in [-0.2, -0.15) is 0 Å². The molecule has 0 saturated heterocycles. The fourth-order valence-electron chi connectivity index (χ4n) is 2.62. The van der Waals surface area contributed by atoms with Crippen LogP contribution in [0.15, 0.2) is 72.9 Å². The van der Waals surface area contributed by atoms with Gasteiger partial charge in [0.2, 0.25) is 0 Å². The number of amides is 1. The van der Waals surface area contributed by atoms with Crippen molar-refractivity contribution in [2.45, 2.75) is 13.3 Å². The maximum Gasteiger partial charge on any atom is 0.252 e. The Morgan fingerprint density at radius 1 is 1.00 bits per heavy atom. The number of aromatic nitrogens is 1. The number of anilines is 2. The molecule has 3 rings (SSSR count). The molecule has 0 unspecified atom stereocenters. The summed E-state index contributed by atoms with van der Waals surface area (Å²) in [6.45, 7) is 3.19. The smallest absolute Gasteiger partial charge is 0.252 e. The first kappa shape index (κ1) is 18.5. The summed E-state index contributed by atoms with van der Waals surface area (Å²) in [4.78, 5) is 16.5. The lowest BCUT2D eigenvalue weighted by atomic mass is 10.1. The Morgan fingerprint density at radius 2 is 1.78 bits per heavy atom. The van der Waals surface area contributed by atoms with E-state index in [2.05, 4.69) is 27.8 Å². The lowest BCUT2D eigenvalue weighted by molar-refractivity contribution is 0.0954. The summed E-state index contributed by atoms with van der Waals surface area (Å²) in [5.41, 5.74) is 2.65. The minimum absolute atomic E-state index is 0.119. The number of ether oxygens (including phenoxy) is 1. The zero-order chi connectivity index (χ0) is 18.9. The number of benzene rings is 2. The first-order chi connectivity index (χ1) is 13.2. The molecule has 3 aromatic rings. The average molecular weight is 361 g/mol. The topological polar surface area (TPSA) is 63.2 Å². The van der Waals surface area contributed by atoms with Crippen LogP contribution in [0.1, 0.15) is 22.8 Å². The molecule has 27 heavy (non-hydrogen) atoms. The van der Waals surface area contributed by atoms with Crippen molar-refractivity contribution in [1.82, 2.24) is 10.3 Å². The second-order valence-electron chi connectivity index (χ2n) is 6.01. The SMILES string of the molecule is CCOc1ccc(Nc2ccc(C(=O)NCCc3ccccc3)cn2)cc1. The van der Waals surface area contributed by atoms with Gasteiger partial charge in [-0.25, -0.2) is 4.98 Å². The normalized spacial score (nSPS) is 10.3. The van der Waals surface area contributed by atoms with Gasteiger partial charge in [-0.05, 0) is 55.3 Å². The van der Waals surface area contributed by atoms with Crippen LogP contribution in [0.3, 0.4) is 0 Å². The van der Waals surface area contributed by atoms with Crippen LogP contribution in [0.5, 0.6) is 5.75 Å². The number of carbonyl (C=O) groups is 1. The van der Waals surface area contributed by atoms with Crippen LogP contribution in [0, 0.1) is 0 Å². The number of nitrogens with zero attached hydrogens (tertiary/aromatic N) is 1. The molecule has 1 heterocycles. The average Bonchev–Trinajstić information content (AvgIpc) is 2.71. The Bertz CT molecular complexity index is 847. The van der Waals surface area contributed by atoms with Gasteiger partial charge in [0, 0.05) is 18.4 Å². The lowest BCUT2D eigenvalue weighted by Crippen LogP contribution is -2.25. The number of rotatable bonds is 8. The zero-order valence-electron chi connectivity index (χ0n) is 15.3. The molecule has 0 aliphatic heterocycles. The third-order valence-electron chi connectivity index (χ3n) is 4.01. The fourth-order valence-corrected chi connectivity index (χ4v) is 2.62. The van der Waals surface area contributed by atoms with E-state index < -0.39 is 0 Å². The largest absolute Gasteiger partial charge is 0.494 e. The summed E-state index contributed by atoms with van der Waals surface area (Å²) in [7, 11) is 0. The molecule has 2 N–H and O–H groups in total. The van der Waals surface area contributed by atoms with Crippen LogP contribution in [-0.2, 0) is 6.42 Å². The second kappa shape index (κ2) is 9.38. The highest BCUT2D eigenvalue weighted by molar-refractivity contribution is 5.94. The van der Waals surface area contributed by atoms with Crippen LogP contribution in [-0.4, -0.2) is 24.0 Å². The number of carbonyl (C=O) groups excluding carboxylic acids is 1.